The maximum absolute atomic E-state index is 13.3. The minimum absolute atomic E-state index is 0.317. The summed E-state index contributed by atoms with van der Waals surface area (Å²) in [6.07, 6.45) is 0. The first kappa shape index (κ1) is 14.5. The summed E-state index contributed by atoms with van der Waals surface area (Å²) in [5.74, 6) is -0.317. The highest BCUT2D eigenvalue weighted by atomic mass is 19.1. The first-order valence-electron chi connectivity index (χ1n) is 7.22. The maximum atomic E-state index is 13.3. The third-order valence-electron chi connectivity index (χ3n) is 3.92. The minimum atomic E-state index is -1.30. The number of halogens is 1. The molecule has 1 N–H and O–H groups in total. The molecule has 3 aromatic rings. The zero-order valence-corrected chi connectivity index (χ0v) is 12.3. The van der Waals surface area contributed by atoms with E-state index in [2.05, 4.69) is 0 Å². The Bertz CT molecular complexity index is 700. The topological polar surface area (TPSA) is 20.2 Å². The van der Waals surface area contributed by atoms with Gasteiger partial charge in [0.25, 0.3) is 0 Å². The zero-order chi connectivity index (χ0) is 15.6. The molecular weight excluding hydrogens is 275 g/mol. The quantitative estimate of drug-likeness (QED) is 0.709. The van der Waals surface area contributed by atoms with E-state index < -0.39 is 5.60 Å². The van der Waals surface area contributed by atoms with Crippen LogP contribution in [0.3, 0.4) is 0 Å². The summed E-state index contributed by atoms with van der Waals surface area (Å²) >= 11 is 0. The lowest BCUT2D eigenvalue weighted by atomic mass is 9.80. The standard InChI is InChI=1S/C20H17FO/c1-15-7-9-17(10-8-15)20(22,16-5-3-2-4-6-16)18-11-13-19(21)14-12-18/h2-14,22H,1H3. The van der Waals surface area contributed by atoms with E-state index >= 15 is 0 Å². The molecule has 0 bridgehead atoms. The van der Waals surface area contributed by atoms with Gasteiger partial charge in [-0.05, 0) is 35.7 Å². The molecule has 0 aliphatic heterocycles. The summed E-state index contributed by atoms with van der Waals surface area (Å²) < 4.78 is 13.3. The number of hydrogen-bond acceptors (Lipinski definition) is 1. The zero-order valence-electron chi connectivity index (χ0n) is 12.3. The molecular formula is C20H17FO. The van der Waals surface area contributed by atoms with Crippen LogP contribution in [-0.2, 0) is 5.60 Å². The van der Waals surface area contributed by atoms with Crippen LogP contribution in [0.15, 0.2) is 78.9 Å². The van der Waals surface area contributed by atoms with Crippen molar-refractivity contribution >= 4 is 0 Å². The molecule has 1 unspecified atom stereocenters. The van der Waals surface area contributed by atoms with Gasteiger partial charge in [0.15, 0.2) is 0 Å². The van der Waals surface area contributed by atoms with Crippen LogP contribution in [0.4, 0.5) is 4.39 Å². The lowest BCUT2D eigenvalue weighted by Gasteiger charge is -2.30. The second kappa shape index (κ2) is 5.74. The monoisotopic (exact) mass is 292 g/mol. The average molecular weight is 292 g/mol. The molecule has 3 rings (SSSR count). The summed E-state index contributed by atoms with van der Waals surface area (Å²) in [7, 11) is 0. The molecule has 0 aliphatic rings. The van der Waals surface area contributed by atoms with Crippen LogP contribution in [0.25, 0.3) is 0 Å². The van der Waals surface area contributed by atoms with Gasteiger partial charge < -0.3 is 5.11 Å². The molecule has 110 valence electrons. The second-order valence-corrected chi connectivity index (χ2v) is 5.45. The number of benzene rings is 3. The van der Waals surface area contributed by atoms with Crippen LogP contribution in [-0.4, -0.2) is 5.11 Å². The summed E-state index contributed by atoms with van der Waals surface area (Å²) in [5, 5.41) is 11.5. The van der Waals surface area contributed by atoms with Crippen LogP contribution in [0.1, 0.15) is 22.3 Å². The third-order valence-corrected chi connectivity index (χ3v) is 3.92. The second-order valence-electron chi connectivity index (χ2n) is 5.45. The summed E-state index contributed by atoms with van der Waals surface area (Å²) in [6.45, 7) is 2.00. The van der Waals surface area contributed by atoms with Crippen molar-refractivity contribution in [3.05, 3.63) is 107 Å². The SMILES string of the molecule is Cc1ccc(C(O)(c2ccccc2)c2ccc(F)cc2)cc1. The van der Waals surface area contributed by atoms with Crippen LogP contribution in [0.5, 0.6) is 0 Å². The molecule has 22 heavy (non-hydrogen) atoms. The number of aliphatic hydroxyl groups is 1. The van der Waals surface area contributed by atoms with E-state index in [0.717, 1.165) is 16.7 Å². The number of hydrogen-bond donors (Lipinski definition) is 1. The lowest BCUT2D eigenvalue weighted by Crippen LogP contribution is -2.28. The van der Waals surface area contributed by atoms with Crippen LogP contribution >= 0.6 is 0 Å². The largest absolute Gasteiger partial charge is 0.376 e. The molecule has 0 heterocycles. The Balaban J connectivity index is 2.22. The smallest absolute Gasteiger partial charge is 0.140 e. The summed E-state index contributed by atoms with van der Waals surface area (Å²) in [4.78, 5) is 0. The molecule has 0 saturated heterocycles. The molecule has 0 saturated carbocycles. The van der Waals surface area contributed by atoms with E-state index in [9.17, 15) is 9.50 Å². The summed E-state index contributed by atoms with van der Waals surface area (Å²) in [6, 6.07) is 23.2. The molecule has 0 spiro atoms. The third kappa shape index (κ3) is 2.53. The Morgan fingerprint density at radius 2 is 1.14 bits per heavy atom. The normalized spacial score (nSPS) is 13.6. The molecule has 0 fully saturated rings. The highest BCUT2D eigenvalue weighted by molar-refractivity contribution is 5.47. The molecule has 0 aliphatic carbocycles. The van der Waals surface area contributed by atoms with Gasteiger partial charge in [-0.3, -0.25) is 0 Å². The average Bonchev–Trinajstić information content (AvgIpc) is 2.56. The van der Waals surface area contributed by atoms with Crippen molar-refractivity contribution in [1.82, 2.24) is 0 Å². The fraction of sp³-hybridized carbons (Fsp3) is 0.100. The fourth-order valence-electron chi connectivity index (χ4n) is 2.67. The molecule has 2 heteroatoms. The van der Waals surface area contributed by atoms with Crippen molar-refractivity contribution in [1.29, 1.82) is 0 Å². The van der Waals surface area contributed by atoms with E-state index in [1.165, 1.54) is 12.1 Å². The van der Waals surface area contributed by atoms with Crippen molar-refractivity contribution in [2.45, 2.75) is 12.5 Å². The molecule has 1 nitrogen and oxygen atoms in total. The van der Waals surface area contributed by atoms with Gasteiger partial charge in [0.05, 0.1) is 0 Å². The van der Waals surface area contributed by atoms with Gasteiger partial charge in [-0.15, -0.1) is 0 Å². The highest BCUT2D eigenvalue weighted by Gasteiger charge is 2.33. The van der Waals surface area contributed by atoms with Crippen LogP contribution in [0, 0.1) is 12.7 Å². The Morgan fingerprint density at radius 3 is 1.68 bits per heavy atom. The highest BCUT2D eigenvalue weighted by Crippen LogP contribution is 2.36. The Hall–Kier alpha value is -2.45. The van der Waals surface area contributed by atoms with E-state index in [4.69, 9.17) is 0 Å². The maximum Gasteiger partial charge on any atom is 0.140 e. The van der Waals surface area contributed by atoms with Gasteiger partial charge >= 0.3 is 0 Å². The van der Waals surface area contributed by atoms with Gasteiger partial charge in [0, 0.05) is 0 Å². The predicted octanol–water partition coefficient (Wildman–Crippen LogP) is 4.42. The van der Waals surface area contributed by atoms with E-state index in [1.807, 2.05) is 61.5 Å². The number of rotatable bonds is 3. The Labute approximate surface area is 129 Å². The van der Waals surface area contributed by atoms with Crippen molar-refractivity contribution < 1.29 is 9.50 Å². The van der Waals surface area contributed by atoms with Crippen LogP contribution < -0.4 is 0 Å². The summed E-state index contributed by atoms with van der Waals surface area (Å²) in [5.41, 5.74) is 1.98. The lowest BCUT2D eigenvalue weighted by molar-refractivity contribution is 0.125. The van der Waals surface area contributed by atoms with Crippen molar-refractivity contribution in [3.8, 4) is 0 Å². The van der Waals surface area contributed by atoms with Gasteiger partial charge in [-0.1, -0.05) is 72.3 Å². The molecule has 0 aromatic heterocycles. The molecule has 0 radical (unpaired) electrons. The Kier molecular flexibility index (Phi) is 3.78. The first-order valence-corrected chi connectivity index (χ1v) is 7.22. The van der Waals surface area contributed by atoms with Gasteiger partial charge in [-0.25, -0.2) is 4.39 Å². The van der Waals surface area contributed by atoms with Gasteiger partial charge in [0.1, 0.15) is 11.4 Å². The number of aryl methyl sites for hydroxylation is 1. The minimum Gasteiger partial charge on any atom is -0.376 e. The Morgan fingerprint density at radius 1 is 0.682 bits per heavy atom. The fourth-order valence-corrected chi connectivity index (χ4v) is 2.67. The van der Waals surface area contributed by atoms with E-state index in [1.54, 1.807) is 12.1 Å². The van der Waals surface area contributed by atoms with Gasteiger partial charge in [0.2, 0.25) is 0 Å². The van der Waals surface area contributed by atoms with Gasteiger partial charge in [-0.2, -0.15) is 0 Å². The van der Waals surface area contributed by atoms with E-state index in [-0.39, 0.29) is 5.82 Å². The molecule has 0 amide bonds. The first-order chi connectivity index (χ1) is 10.6. The van der Waals surface area contributed by atoms with Crippen molar-refractivity contribution in [3.63, 3.8) is 0 Å². The molecule has 3 aromatic carbocycles. The van der Waals surface area contributed by atoms with E-state index in [0.29, 0.717) is 5.56 Å². The predicted molar refractivity (Wildman–Crippen MR) is 86.1 cm³/mol. The van der Waals surface area contributed by atoms with Crippen molar-refractivity contribution in [2.24, 2.45) is 0 Å². The van der Waals surface area contributed by atoms with Crippen LogP contribution in [0.2, 0.25) is 0 Å². The molecule has 1 atom stereocenters. The van der Waals surface area contributed by atoms with Crippen molar-refractivity contribution in [2.75, 3.05) is 0 Å².